The van der Waals surface area contributed by atoms with Gasteiger partial charge in [0.05, 0.1) is 0 Å². The number of piperazine rings is 1. The van der Waals surface area contributed by atoms with E-state index in [0.717, 1.165) is 32.1 Å². The fourth-order valence-corrected chi connectivity index (χ4v) is 1.26. The van der Waals surface area contributed by atoms with E-state index in [2.05, 4.69) is 20.2 Å². The van der Waals surface area contributed by atoms with Crippen LogP contribution in [0.25, 0.3) is 0 Å². The molecule has 0 radical (unpaired) electrons. The zero-order chi connectivity index (χ0) is 10.8. The highest BCUT2D eigenvalue weighted by atomic mass is 15.3. The Hall–Kier alpha value is -0.900. The predicted molar refractivity (Wildman–Crippen MR) is 63.3 cm³/mol. The van der Waals surface area contributed by atoms with Crippen LogP contribution in [0.2, 0.25) is 0 Å². The van der Waals surface area contributed by atoms with Gasteiger partial charge in [-0.1, -0.05) is 13.8 Å². The Morgan fingerprint density at radius 2 is 1.86 bits per heavy atom. The van der Waals surface area contributed by atoms with Crippen molar-refractivity contribution < 1.29 is 0 Å². The van der Waals surface area contributed by atoms with E-state index in [9.17, 15) is 0 Å². The van der Waals surface area contributed by atoms with Gasteiger partial charge in [-0.2, -0.15) is 0 Å². The molecule has 1 heterocycles. The fourth-order valence-electron chi connectivity index (χ4n) is 1.26. The van der Waals surface area contributed by atoms with Gasteiger partial charge in [-0.25, -0.2) is 4.99 Å². The molecule has 0 bridgehead atoms. The smallest absolute Gasteiger partial charge is 0.220 e. The quantitative estimate of drug-likeness (QED) is 0.466. The van der Waals surface area contributed by atoms with Crippen molar-refractivity contribution in [2.45, 2.75) is 20.8 Å². The molecule has 0 amide bonds. The monoisotopic (exact) mass is 198 g/mol. The van der Waals surface area contributed by atoms with E-state index in [0.29, 0.717) is 0 Å². The lowest BCUT2D eigenvalue weighted by atomic mass is 10.4. The van der Waals surface area contributed by atoms with Gasteiger partial charge in [0.2, 0.25) is 5.96 Å². The maximum Gasteiger partial charge on any atom is 0.220 e. The van der Waals surface area contributed by atoms with Crippen LogP contribution in [0.4, 0.5) is 0 Å². The van der Waals surface area contributed by atoms with Crippen LogP contribution in [0.1, 0.15) is 20.8 Å². The summed E-state index contributed by atoms with van der Waals surface area (Å²) in [6, 6.07) is 0. The van der Waals surface area contributed by atoms with Gasteiger partial charge in [0.15, 0.2) is 0 Å². The van der Waals surface area contributed by atoms with Crippen molar-refractivity contribution in [2.75, 3.05) is 33.2 Å². The van der Waals surface area contributed by atoms with Crippen LogP contribution in [0, 0.1) is 0 Å². The Kier molecular flexibility index (Phi) is 8.13. The molecule has 0 unspecified atom stereocenters. The summed E-state index contributed by atoms with van der Waals surface area (Å²) in [5.41, 5.74) is 0. The normalized spacial score (nSPS) is 18.0. The van der Waals surface area contributed by atoms with Gasteiger partial charge in [-0.15, -0.1) is 0 Å². The minimum absolute atomic E-state index is 0.846. The zero-order valence-corrected chi connectivity index (χ0v) is 9.75. The summed E-state index contributed by atoms with van der Waals surface area (Å²) >= 11 is 0. The Morgan fingerprint density at radius 3 is 2.29 bits per heavy atom. The molecule has 1 aliphatic rings. The van der Waals surface area contributed by atoms with Crippen molar-refractivity contribution in [3.05, 3.63) is 0 Å². The van der Waals surface area contributed by atoms with E-state index in [4.69, 9.17) is 0 Å². The fraction of sp³-hybridized carbons (Fsp3) is 0.800. The molecule has 82 valence electrons. The van der Waals surface area contributed by atoms with Crippen molar-refractivity contribution in [1.82, 2.24) is 10.2 Å². The van der Waals surface area contributed by atoms with Gasteiger partial charge in [-0.3, -0.25) is 4.99 Å². The molecule has 0 aliphatic carbocycles. The van der Waals surface area contributed by atoms with Gasteiger partial charge in [0.1, 0.15) is 0 Å². The standard InChI is InChI=1S/C8H16N4.C2H6/c1-3-11-8(9-2)12-6-4-10-5-7-12;1-2/h3,10H,4-7H2,1-2H3;1-2H3/b9-8?,11-3-;. The Labute approximate surface area is 87.1 Å². The molecular formula is C10H22N4. The van der Waals surface area contributed by atoms with Crippen molar-refractivity contribution in [1.29, 1.82) is 0 Å². The molecule has 1 fully saturated rings. The first kappa shape index (κ1) is 13.1. The zero-order valence-electron chi connectivity index (χ0n) is 9.75. The highest BCUT2D eigenvalue weighted by Gasteiger charge is 2.11. The first-order valence-corrected chi connectivity index (χ1v) is 5.29. The Bertz CT molecular complexity index is 181. The van der Waals surface area contributed by atoms with Crippen molar-refractivity contribution in [3.63, 3.8) is 0 Å². The van der Waals surface area contributed by atoms with E-state index >= 15 is 0 Å². The van der Waals surface area contributed by atoms with Crippen molar-refractivity contribution >= 4 is 12.2 Å². The Balaban J connectivity index is 0.000000791. The number of nitrogens with zero attached hydrogens (tertiary/aromatic N) is 3. The largest absolute Gasteiger partial charge is 0.339 e. The minimum Gasteiger partial charge on any atom is -0.339 e. The summed E-state index contributed by atoms with van der Waals surface area (Å²) in [5, 5.41) is 3.29. The molecule has 0 aromatic rings. The second kappa shape index (κ2) is 8.69. The summed E-state index contributed by atoms with van der Waals surface area (Å²) in [6.07, 6.45) is 1.78. The molecule has 14 heavy (non-hydrogen) atoms. The van der Waals surface area contributed by atoms with Crippen LogP contribution in [0.15, 0.2) is 9.98 Å². The number of aliphatic imine (C=N–C) groups is 2. The van der Waals surface area contributed by atoms with Gasteiger partial charge in [-0.05, 0) is 6.92 Å². The first-order valence-electron chi connectivity index (χ1n) is 5.29. The van der Waals surface area contributed by atoms with Crippen molar-refractivity contribution in [2.24, 2.45) is 9.98 Å². The SMILES string of the molecule is C/C=N\C(=NC)N1CCNCC1.CC. The number of rotatable bonds is 0. The second-order valence-corrected chi connectivity index (χ2v) is 2.65. The molecule has 1 rings (SSSR count). The summed E-state index contributed by atoms with van der Waals surface area (Å²) in [5.74, 6) is 0.846. The van der Waals surface area contributed by atoms with E-state index in [1.807, 2.05) is 20.8 Å². The topological polar surface area (TPSA) is 40.0 Å². The van der Waals surface area contributed by atoms with Crippen LogP contribution in [-0.4, -0.2) is 50.3 Å². The average Bonchev–Trinajstić information content (AvgIpc) is 2.30. The number of hydrogen-bond donors (Lipinski definition) is 1. The lowest BCUT2D eigenvalue weighted by Crippen LogP contribution is -2.45. The predicted octanol–water partition coefficient (Wildman–Crippen LogP) is 0.994. The van der Waals surface area contributed by atoms with Crippen molar-refractivity contribution in [3.8, 4) is 0 Å². The van der Waals surface area contributed by atoms with Gasteiger partial charge >= 0.3 is 0 Å². The van der Waals surface area contributed by atoms with Crippen LogP contribution < -0.4 is 5.32 Å². The first-order chi connectivity index (χ1) is 6.88. The third-order valence-electron chi connectivity index (χ3n) is 1.84. The molecular weight excluding hydrogens is 176 g/mol. The van der Waals surface area contributed by atoms with Crippen LogP contribution >= 0.6 is 0 Å². The highest BCUT2D eigenvalue weighted by molar-refractivity contribution is 5.87. The summed E-state index contributed by atoms with van der Waals surface area (Å²) in [4.78, 5) is 10.5. The molecule has 0 atom stereocenters. The number of guanidine groups is 1. The van der Waals surface area contributed by atoms with E-state index < -0.39 is 0 Å². The third-order valence-corrected chi connectivity index (χ3v) is 1.84. The van der Waals surface area contributed by atoms with Crippen LogP contribution in [0.5, 0.6) is 0 Å². The van der Waals surface area contributed by atoms with Crippen LogP contribution in [0.3, 0.4) is 0 Å². The summed E-state index contributed by atoms with van der Waals surface area (Å²) < 4.78 is 0. The molecule has 1 N–H and O–H groups in total. The lowest BCUT2D eigenvalue weighted by Gasteiger charge is -2.27. The Morgan fingerprint density at radius 1 is 1.29 bits per heavy atom. The van der Waals surface area contributed by atoms with Gasteiger partial charge in [0.25, 0.3) is 0 Å². The number of hydrogen-bond acceptors (Lipinski definition) is 2. The molecule has 0 aromatic carbocycles. The summed E-state index contributed by atoms with van der Waals surface area (Å²) in [6.45, 7) is 9.97. The molecule has 0 spiro atoms. The average molecular weight is 198 g/mol. The van der Waals surface area contributed by atoms with E-state index in [-0.39, 0.29) is 0 Å². The highest BCUT2D eigenvalue weighted by Crippen LogP contribution is 1.95. The van der Waals surface area contributed by atoms with E-state index in [1.54, 1.807) is 13.3 Å². The van der Waals surface area contributed by atoms with Gasteiger partial charge in [0, 0.05) is 39.4 Å². The van der Waals surface area contributed by atoms with Crippen LogP contribution in [-0.2, 0) is 0 Å². The number of nitrogens with one attached hydrogen (secondary N) is 1. The second-order valence-electron chi connectivity index (χ2n) is 2.65. The van der Waals surface area contributed by atoms with Gasteiger partial charge < -0.3 is 10.2 Å². The van der Waals surface area contributed by atoms with E-state index in [1.165, 1.54) is 0 Å². The molecule has 1 saturated heterocycles. The minimum atomic E-state index is 0.846. The maximum absolute atomic E-state index is 4.19. The lowest BCUT2D eigenvalue weighted by molar-refractivity contribution is 0.354. The molecule has 0 aromatic heterocycles. The molecule has 1 aliphatic heterocycles. The molecule has 0 saturated carbocycles. The maximum atomic E-state index is 4.19. The molecule has 4 nitrogen and oxygen atoms in total. The third kappa shape index (κ3) is 4.37. The summed E-state index contributed by atoms with van der Waals surface area (Å²) in [7, 11) is 1.78. The molecule has 4 heteroatoms.